The Balaban J connectivity index is 1.45. The number of hydrogen-bond donors (Lipinski definition) is 1. The van der Waals surface area contributed by atoms with Crippen molar-refractivity contribution in [3.05, 3.63) is 88.8 Å². The van der Waals surface area contributed by atoms with Gasteiger partial charge in [0.15, 0.2) is 11.4 Å². The van der Waals surface area contributed by atoms with Crippen LogP contribution in [0.15, 0.2) is 72.0 Å². The minimum absolute atomic E-state index is 0.296. The Bertz CT molecular complexity index is 1420. The maximum absolute atomic E-state index is 12.7. The minimum Gasteiger partial charge on any atom is -0.370 e. The summed E-state index contributed by atoms with van der Waals surface area (Å²) in [5, 5.41) is 8.37. The molecular formula is C34H42N4O. The summed E-state index contributed by atoms with van der Waals surface area (Å²) >= 11 is 0. The van der Waals surface area contributed by atoms with E-state index in [2.05, 4.69) is 70.0 Å². The molecule has 204 valence electrons. The monoisotopic (exact) mass is 522 g/mol. The van der Waals surface area contributed by atoms with Gasteiger partial charge in [-0.05, 0) is 80.6 Å². The number of hydrogen-bond acceptors (Lipinski definition) is 4. The quantitative estimate of drug-likeness (QED) is 0.362. The number of ketones is 1. The van der Waals surface area contributed by atoms with Gasteiger partial charge in [0.1, 0.15) is 5.82 Å². The lowest BCUT2D eigenvalue weighted by atomic mass is 9.77. The molecule has 1 fully saturated rings. The number of nitrogens with zero attached hydrogens (tertiary/aromatic N) is 3. The number of anilines is 1. The fourth-order valence-corrected chi connectivity index (χ4v) is 6.24. The van der Waals surface area contributed by atoms with Crippen LogP contribution in [0.4, 0.5) is 5.82 Å². The number of Topliss-reactive ketones (excluding diaryl/α,β-unsaturated/α-hetero) is 1. The summed E-state index contributed by atoms with van der Waals surface area (Å²) in [6.07, 6.45) is 23.7. The highest BCUT2D eigenvalue weighted by molar-refractivity contribution is 5.96. The molecule has 1 N–H and O–H groups in total. The van der Waals surface area contributed by atoms with E-state index >= 15 is 0 Å². The SMILES string of the molecule is C=C1C=C(c2cnn3c(NCC)c(C)c(C4CCC(CC(=O)C5=CC=CC5)CC4)nc23)C=C(C=CCC)C1C. The van der Waals surface area contributed by atoms with Crippen molar-refractivity contribution in [2.45, 2.75) is 78.6 Å². The second-order valence-corrected chi connectivity index (χ2v) is 11.3. The number of fused-ring (bicyclic) bond motifs is 1. The van der Waals surface area contributed by atoms with E-state index in [-0.39, 0.29) is 0 Å². The van der Waals surface area contributed by atoms with E-state index in [4.69, 9.17) is 10.1 Å². The molecule has 3 aliphatic rings. The Hall–Kier alpha value is -3.47. The summed E-state index contributed by atoms with van der Waals surface area (Å²) in [4.78, 5) is 18.0. The van der Waals surface area contributed by atoms with Crippen LogP contribution in [0, 0.1) is 18.8 Å². The molecule has 5 heteroatoms. The Labute approximate surface area is 233 Å². The van der Waals surface area contributed by atoms with Crippen LogP contribution in [0.1, 0.15) is 88.5 Å². The van der Waals surface area contributed by atoms with Crippen molar-refractivity contribution in [1.29, 1.82) is 0 Å². The zero-order valence-corrected chi connectivity index (χ0v) is 24.0. The third kappa shape index (κ3) is 5.50. The first-order valence-corrected chi connectivity index (χ1v) is 14.7. The minimum atomic E-state index is 0.296. The largest absolute Gasteiger partial charge is 0.370 e. The van der Waals surface area contributed by atoms with Crippen molar-refractivity contribution in [2.75, 3.05) is 11.9 Å². The lowest BCUT2D eigenvalue weighted by molar-refractivity contribution is -0.116. The molecule has 2 heterocycles. The van der Waals surface area contributed by atoms with Crippen LogP contribution in [-0.4, -0.2) is 26.9 Å². The molecule has 5 nitrogen and oxygen atoms in total. The first-order chi connectivity index (χ1) is 18.9. The van der Waals surface area contributed by atoms with E-state index in [1.165, 1.54) is 16.8 Å². The second-order valence-electron chi connectivity index (χ2n) is 11.3. The Morgan fingerprint density at radius 1 is 1.21 bits per heavy atom. The van der Waals surface area contributed by atoms with Crippen LogP contribution in [-0.2, 0) is 4.79 Å². The molecular weight excluding hydrogens is 480 g/mol. The highest BCUT2D eigenvalue weighted by Gasteiger charge is 2.29. The van der Waals surface area contributed by atoms with E-state index in [1.54, 1.807) is 0 Å². The Kier molecular flexibility index (Phi) is 8.15. The van der Waals surface area contributed by atoms with E-state index in [0.717, 1.165) is 78.8 Å². The van der Waals surface area contributed by atoms with E-state index in [1.807, 2.05) is 22.9 Å². The summed E-state index contributed by atoms with van der Waals surface area (Å²) < 4.78 is 1.97. The van der Waals surface area contributed by atoms with Crippen LogP contribution in [0.2, 0.25) is 0 Å². The molecule has 0 bridgehead atoms. The number of allylic oxidation sites excluding steroid dienone is 11. The molecule has 0 spiro atoms. The van der Waals surface area contributed by atoms with Crippen molar-refractivity contribution in [2.24, 2.45) is 11.8 Å². The first kappa shape index (κ1) is 27.1. The van der Waals surface area contributed by atoms with Crippen LogP contribution in [0.3, 0.4) is 0 Å². The highest BCUT2D eigenvalue weighted by atomic mass is 16.1. The molecule has 39 heavy (non-hydrogen) atoms. The Morgan fingerprint density at radius 3 is 2.69 bits per heavy atom. The third-order valence-electron chi connectivity index (χ3n) is 8.68. The van der Waals surface area contributed by atoms with Gasteiger partial charge in [-0.3, -0.25) is 4.79 Å². The summed E-state index contributed by atoms with van der Waals surface area (Å²) in [6.45, 7) is 13.8. The topological polar surface area (TPSA) is 59.3 Å². The lowest BCUT2D eigenvalue weighted by Crippen LogP contribution is -2.20. The number of aromatic nitrogens is 3. The molecule has 5 rings (SSSR count). The molecule has 3 aliphatic carbocycles. The van der Waals surface area contributed by atoms with E-state index < -0.39 is 0 Å². The predicted octanol–water partition coefficient (Wildman–Crippen LogP) is 8.07. The van der Waals surface area contributed by atoms with Gasteiger partial charge in [0.25, 0.3) is 0 Å². The van der Waals surface area contributed by atoms with Crippen LogP contribution in [0.5, 0.6) is 0 Å². The zero-order valence-electron chi connectivity index (χ0n) is 24.0. The van der Waals surface area contributed by atoms with Crippen molar-refractivity contribution in [1.82, 2.24) is 14.6 Å². The zero-order chi connectivity index (χ0) is 27.5. The molecule has 0 amide bonds. The van der Waals surface area contributed by atoms with Gasteiger partial charge in [-0.25, -0.2) is 4.98 Å². The average Bonchev–Trinajstić information content (AvgIpc) is 3.62. The second kappa shape index (κ2) is 11.7. The fraction of sp³-hybridized carbons (Fsp3) is 0.441. The van der Waals surface area contributed by atoms with Crippen molar-refractivity contribution >= 4 is 22.8 Å². The van der Waals surface area contributed by atoms with Crippen LogP contribution < -0.4 is 5.32 Å². The number of carbonyl (C=O) groups is 1. The smallest absolute Gasteiger partial charge is 0.165 e. The summed E-state index contributed by atoms with van der Waals surface area (Å²) in [5.41, 5.74) is 8.77. The summed E-state index contributed by atoms with van der Waals surface area (Å²) in [5.74, 6) is 2.52. The van der Waals surface area contributed by atoms with Gasteiger partial charge in [-0.2, -0.15) is 9.61 Å². The third-order valence-corrected chi connectivity index (χ3v) is 8.68. The molecule has 2 aromatic heterocycles. The summed E-state index contributed by atoms with van der Waals surface area (Å²) in [6, 6.07) is 0. The van der Waals surface area contributed by atoms with Crippen molar-refractivity contribution in [3.8, 4) is 0 Å². The molecule has 0 saturated heterocycles. The maximum atomic E-state index is 12.7. The van der Waals surface area contributed by atoms with Gasteiger partial charge in [0, 0.05) is 35.9 Å². The van der Waals surface area contributed by atoms with Crippen molar-refractivity contribution < 1.29 is 4.79 Å². The molecule has 1 atom stereocenters. The first-order valence-electron chi connectivity index (χ1n) is 14.7. The predicted molar refractivity (Wildman–Crippen MR) is 162 cm³/mol. The van der Waals surface area contributed by atoms with Gasteiger partial charge in [-0.1, -0.05) is 63.0 Å². The number of rotatable bonds is 9. The Morgan fingerprint density at radius 2 is 2.00 bits per heavy atom. The van der Waals surface area contributed by atoms with Crippen LogP contribution >= 0.6 is 0 Å². The lowest BCUT2D eigenvalue weighted by Gasteiger charge is -2.29. The number of carbonyl (C=O) groups excluding carboxylic acids is 1. The van der Waals surface area contributed by atoms with Gasteiger partial charge >= 0.3 is 0 Å². The van der Waals surface area contributed by atoms with E-state index in [0.29, 0.717) is 30.0 Å². The van der Waals surface area contributed by atoms with E-state index in [9.17, 15) is 4.79 Å². The fourth-order valence-electron chi connectivity index (χ4n) is 6.24. The molecule has 0 radical (unpaired) electrons. The van der Waals surface area contributed by atoms with Gasteiger partial charge < -0.3 is 5.32 Å². The molecule has 0 aromatic carbocycles. The van der Waals surface area contributed by atoms with Crippen LogP contribution in [0.25, 0.3) is 11.2 Å². The molecule has 2 aromatic rings. The molecule has 0 aliphatic heterocycles. The number of nitrogens with one attached hydrogen (secondary N) is 1. The maximum Gasteiger partial charge on any atom is 0.165 e. The molecule has 1 saturated carbocycles. The normalized spacial score (nSPS) is 23.3. The summed E-state index contributed by atoms with van der Waals surface area (Å²) in [7, 11) is 0. The average molecular weight is 523 g/mol. The highest BCUT2D eigenvalue weighted by Crippen LogP contribution is 2.41. The van der Waals surface area contributed by atoms with Gasteiger partial charge in [-0.15, -0.1) is 0 Å². The van der Waals surface area contributed by atoms with Crippen molar-refractivity contribution in [3.63, 3.8) is 0 Å². The van der Waals surface area contributed by atoms with Gasteiger partial charge in [0.2, 0.25) is 0 Å². The van der Waals surface area contributed by atoms with Gasteiger partial charge in [0.05, 0.1) is 11.9 Å². The standard InChI is InChI=1S/C34H42N4O/c1-6-8-11-28-20-29(18-22(3)23(28)4)30-21-36-38-33(35-7-2)24(5)32(37-34(30)38)27-16-14-25(15-17-27)19-31(39)26-12-9-10-13-26/h8-12,18,20-21,23,25,27,35H,3,6-7,13-17,19H2,1-2,4-5H3. The molecule has 1 unspecified atom stereocenters.